The molecule has 0 aliphatic carbocycles. The molecule has 0 radical (unpaired) electrons. The highest BCUT2D eigenvalue weighted by atomic mass is 16.2. The van der Waals surface area contributed by atoms with Crippen LogP contribution in [0.4, 0.5) is 0 Å². The minimum Gasteiger partial charge on any atom is -0.343 e. The lowest BCUT2D eigenvalue weighted by Crippen LogP contribution is -2.42. The Morgan fingerprint density at radius 3 is 2.74 bits per heavy atom. The number of carbonyl (C=O) groups excluding carboxylic acids is 2. The number of piperidine rings is 1. The number of aromatic nitrogens is 2. The highest BCUT2D eigenvalue weighted by Gasteiger charge is 2.28. The second kappa shape index (κ2) is 7.15. The first kappa shape index (κ1) is 16.0. The number of hydrogen-bond donors (Lipinski definition) is 0. The SMILES string of the molecule is C[C@H](CC(=O)N1CCC(CN2CCCC2=O)CC1)n1ccnc1. The van der Waals surface area contributed by atoms with Gasteiger partial charge in [0.15, 0.2) is 0 Å². The predicted octanol–water partition coefficient (Wildman–Crippen LogP) is 1.70. The molecule has 2 saturated heterocycles. The van der Waals surface area contributed by atoms with Crippen molar-refractivity contribution in [3.05, 3.63) is 18.7 Å². The summed E-state index contributed by atoms with van der Waals surface area (Å²) in [7, 11) is 0. The Morgan fingerprint density at radius 1 is 1.35 bits per heavy atom. The molecule has 3 rings (SSSR count). The zero-order chi connectivity index (χ0) is 16.2. The third-order valence-electron chi connectivity index (χ3n) is 5.12. The van der Waals surface area contributed by atoms with Crippen molar-refractivity contribution in [2.45, 2.75) is 45.1 Å². The topological polar surface area (TPSA) is 58.4 Å². The normalized spacial score (nSPS) is 21.0. The number of carbonyl (C=O) groups is 2. The van der Waals surface area contributed by atoms with Gasteiger partial charge in [-0.1, -0.05) is 0 Å². The molecule has 0 bridgehead atoms. The third kappa shape index (κ3) is 3.92. The standard InChI is InChI=1S/C17H26N4O2/c1-14(21-10-6-18-13-21)11-17(23)19-8-4-15(5-9-19)12-20-7-2-3-16(20)22/h6,10,13-15H,2-5,7-9,11-12H2,1H3/t14-/m1/s1. The summed E-state index contributed by atoms with van der Waals surface area (Å²) in [6, 6.07) is 0.143. The number of likely N-dealkylation sites (tertiary alicyclic amines) is 2. The fourth-order valence-electron chi connectivity index (χ4n) is 3.59. The van der Waals surface area contributed by atoms with Gasteiger partial charge in [-0.2, -0.15) is 0 Å². The molecule has 2 aliphatic heterocycles. The van der Waals surface area contributed by atoms with Crippen molar-refractivity contribution in [3.63, 3.8) is 0 Å². The Morgan fingerprint density at radius 2 is 2.13 bits per heavy atom. The Labute approximate surface area is 137 Å². The molecule has 1 atom stereocenters. The second-order valence-corrected chi connectivity index (χ2v) is 6.83. The lowest BCUT2D eigenvalue weighted by atomic mass is 9.96. The van der Waals surface area contributed by atoms with Crippen molar-refractivity contribution in [3.8, 4) is 0 Å². The summed E-state index contributed by atoms with van der Waals surface area (Å²) in [5, 5.41) is 0. The number of hydrogen-bond acceptors (Lipinski definition) is 3. The molecular formula is C17H26N4O2. The van der Waals surface area contributed by atoms with Gasteiger partial charge in [0.1, 0.15) is 0 Å². The first-order valence-electron chi connectivity index (χ1n) is 8.66. The Bertz CT molecular complexity index is 535. The summed E-state index contributed by atoms with van der Waals surface area (Å²) in [6.07, 6.45) is 9.65. The second-order valence-electron chi connectivity index (χ2n) is 6.83. The van der Waals surface area contributed by atoms with Crippen LogP contribution in [0, 0.1) is 5.92 Å². The van der Waals surface area contributed by atoms with Gasteiger partial charge >= 0.3 is 0 Å². The van der Waals surface area contributed by atoms with E-state index in [1.165, 1.54) is 0 Å². The summed E-state index contributed by atoms with van der Waals surface area (Å²) < 4.78 is 1.98. The molecule has 0 spiro atoms. The zero-order valence-electron chi connectivity index (χ0n) is 13.9. The Hall–Kier alpha value is -1.85. The highest BCUT2D eigenvalue weighted by Crippen LogP contribution is 2.22. The van der Waals surface area contributed by atoms with E-state index in [-0.39, 0.29) is 11.9 Å². The van der Waals surface area contributed by atoms with Crippen LogP contribution in [0.15, 0.2) is 18.7 Å². The number of nitrogens with zero attached hydrogens (tertiary/aromatic N) is 4. The molecule has 1 aromatic heterocycles. The number of rotatable bonds is 5. The molecule has 3 heterocycles. The fourth-order valence-corrected chi connectivity index (χ4v) is 3.59. The Kier molecular flexibility index (Phi) is 4.98. The van der Waals surface area contributed by atoms with Gasteiger partial charge in [0, 0.05) is 57.5 Å². The summed E-state index contributed by atoms with van der Waals surface area (Å²) in [5.41, 5.74) is 0. The van der Waals surface area contributed by atoms with Gasteiger partial charge in [0.05, 0.1) is 6.33 Å². The van der Waals surface area contributed by atoms with E-state index < -0.39 is 0 Å². The van der Waals surface area contributed by atoms with Gasteiger partial charge in [-0.25, -0.2) is 4.98 Å². The van der Waals surface area contributed by atoms with E-state index in [9.17, 15) is 9.59 Å². The molecule has 0 saturated carbocycles. The van der Waals surface area contributed by atoms with E-state index in [0.29, 0.717) is 24.7 Å². The quantitative estimate of drug-likeness (QED) is 0.830. The average molecular weight is 318 g/mol. The van der Waals surface area contributed by atoms with Crippen LogP contribution >= 0.6 is 0 Å². The smallest absolute Gasteiger partial charge is 0.224 e. The summed E-state index contributed by atoms with van der Waals surface area (Å²) >= 11 is 0. The van der Waals surface area contributed by atoms with Crippen LogP contribution in [-0.2, 0) is 9.59 Å². The minimum atomic E-state index is 0.143. The lowest BCUT2D eigenvalue weighted by Gasteiger charge is -2.34. The molecule has 6 nitrogen and oxygen atoms in total. The Balaban J connectivity index is 1.43. The van der Waals surface area contributed by atoms with Crippen molar-refractivity contribution in [2.75, 3.05) is 26.2 Å². The van der Waals surface area contributed by atoms with Crippen LogP contribution in [0.1, 0.15) is 45.1 Å². The van der Waals surface area contributed by atoms with E-state index in [1.807, 2.05) is 27.5 Å². The highest BCUT2D eigenvalue weighted by molar-refractivity contribution is 5.78. The average Bonchev–Trinajstić information content (AvgIpc) is 3.20. The van der Waals surface area contributed by atoms with E-state index in [1.54, 1.807) is 12.5 Å². The first-order valence-corrected chi connectivity index (χ1v) is 8.66. The predicted molar refractivity (Wildman–Crippen MR) is 86.7 cm³/mol. The molecule has 2 fully saturated rings. The van der Waals surface area contributed by atoms with Crippen LogP contribution in [0.5, 0.6) is 0 Å². The van der Waals surface area contributed by atoms with Gasteiger partial charge in [0.25, 0.3) is 0 Å². The summed E-state index contributed by atoms with van der Waals surface area (Å²) in [4.78, 5) is 32.2. The van der Waals surface area contributed by atoms with E-state index in [0.717, 1.165) is 45.4 Å². The van der Waals surface area contributed by atoms with Crippen molar-refractivity contribution in [1.82, 2.24) is 19.4 Å². The van der Waals surface area contributed by atoms with Gasteiger partial charge in [-0.15, -0.1) is 0 Å². The maximum Gasteiger partial charge on any atom is 0.224 e. The zero-order valence-corrected chi connectivity index (χ0v) is 13.9. The summed E-state index contributed by atoms with van der Waals surface area (Å²) in [5.74, 6) is 1.08. The van der Waals surface area contributed by atoms with Crippen molar-refractivity contribution in [1.29, 1.82) is 0 Å². The monoisotopic (exact) mass is 318 g/mol. The van der Waals surface area contributed by atoms with Crippen LogP contribution in [0.2, 0.25) is 0 Å². The molecule has 126 valence electrons. The summed E-state index contributed by atoms with van der Waals surface area (Å²) in [6.45, 7) is 5.49. The van der Waals surface area contributed by atoms with Crippen LogP contribution in [0.25, 0.3) is 0 Å². The molecule has 0 N–H and O–H groups in total. The molecule has 1 aromatic rings. The van der Waals surface area contributed by atoms with Gasteiger partial charge in [0.2, 0.25) is 11.8 Å². The third-order valence-corrected chi connectivity index (χ3v) is 5.12. The molecular weight excluding hydrogens is 292 g/mol. The van der Waals surface area contributed by atoms with E-state index in [2.05, 4.69) is 4.98 Å². The van der Waals surface area contributed by atoms with Crippen molar-refractivity contribution >= 4 is 11.8 Å². The maximum atomic E-state index is 12.4. The van der Waals surface area contributed by atoms with E-state index in [4.69, 9.17) is 0 Å². The minimum absolute atomic E-state index is 0.143. The van der Waals surface area contributed by atoms with Gasteiger partial charge in [-0.3, -0.25) is 9.59 Å². The lowest BCUT2D eigenvalue weighted by molar-refractivity contribution is -0.134. The maximum absolute atomic E-state index is 12.4. The van der Waals surface area contributed by atoms with Gasteiger partial charge in [-0.05, 0) is 32.1 Å². The largest absolute Gasteiger partial charge is 0.343 e. The first-order chi connectivity index (χ1) is 11.1. The molecule has 0 aromatic carbocycles. The molecule has 6 heteroatoms. The van der Waals surface area contributed by atoms with E-state index >= 15 is 0 Å². The number of imidazole rings is 1. The molecule has 2 aliphatic rings. The van der Waals surface area contributed by atoms with Crippen LogP contribution < -0.4 is 0 Å². The fraction of sp³-hybridized carbons (Fsp3) is 0.706. The van der Waals surface area contributed by atoms with Crippen molar-refractivity contribution < 1.29 is 9.59 Å². The van der Waals surface area contributed by atoms with Gasteiger partial charge < -0.3 is 14.4 Å². The van der Waals surface area contributed by atoms with Crippen LogP contribution in [-0.4, -0.2) is 57.3 Å². The van der Waals surface area contributed by atoms with Crippen LogP contribution in [0.3, 0.4) is 0 Å². The molecule has 23 heavy (non-hydrogen) atoms. The molecule has 0 unspecified atom stereocenters. The number of amides is 2. The molecule has 2 amide bonds. The van der Waals surface area contributed by atoms with Crippen molar-refractivity contribution in [2.24, 2.45) is 5.92 Å².